The highest BCUT2D eigenvalue weighted by molar-refractivity contribution is 6.40. The van der Waals surface area contributed by atoms with Gasteiger partial charge in [-0.25, -0.2) is 0 Å². The van der Waals surface area contributed by atoms with E-state index in [9.17, 15) is 4.79 Å². The quantitative estimate of drug-likeness (QED) is 0.352. The maximum Gasteiger partial charge on any atom is 0.223 e. The molecule has 2 rings (SSSR count). The van der Waals surface area contributed by atoms with Gasteiger partial charge in [-0.05, 0) is 25.0 Å². The predicted molar refractivity (Wildman–Crippen MR) is 102 cm³/mol. The fourth-order valence-electron chi connectivity index (χ4n) is 2.07. The van der Waals surface area contributed by atoms with E-state index in [1.54, 1.807) is 19.2 Å². The number of nitrogens with one attached hydrogen (secondary N) is 3. The molecule has 0 saturated heterocycles. The third-order valence-corrected chi connectivity index (χ3v) is 4.27. The van der Waals surface area contributed by atoms with Crippen LogP contribution in [0.25, 0.3) is 0 Å². The molecular weight excluding hydrogens is 387 g/mol. The molecule has 1 aromatic carbocycles. The standard InChI is InChI=1S/C16H21Cl3N4O2/c1-20-16(22-5-4-21-15(24)10-2-3-10)23-6-7-25-14-12(18)8-11(17)9-13(14)19/h8-10H,2-7H2,1H3,(H,21,24)(H2,20,22,23). The molecule has 6 nitrogen and oxygen atoms in total. The highest BCUT2D eigenvalue weighted by Gasteiger charge is 2.28. The Morgan fingerprint density at radius 2 is 1.72 bits per heavy atom. The van der Waals surface area contributed by atoms with Crippen LogP contribution in [0.1, 0.15) is 12.8 Å². The van der Waals surface area contributed by atoms with E-state index >= 15 is 0 Å². The van der Waals surface area contributed by atoms with Crippen LogP contribution in [0.15, 0.2) is 17.1 Å². The molecule has 0 aliphatic heterocycles. The molecule has 1 aliphatic rings. The SMILES string of the molecule is CN=C(NCCNC(=O)C1CC1)NCCOc1c(Cl)cc(Cl)cc1Cl. The Bertz CT molecular complexity index is 613. The van der Waals surface area contributed by atoms with E-state index in [4.69, 9.17) is 39.5 Å². The van der Waals surface area contributed by atoms with Gasteiger partial charge in [0.25, 0.3) is 0 Å². The summed E-state index contributed by atoms with van der Waals surface area (Å²) in [4.78, 5) is 15.6. The third-order valence-electron chi connectivity index (χ3n) is 3.49. The highest BCUT2D eigenvalue weighted by Crippen LogP contribution is 2.35. The molecule has 25 heavy (non-hydrogen) atoms. The summed E-state index contributed by atoms with van der Waals surface area (Å²) in [6.07, 6.45) is 2.01. The second kappa shape index (κ2) is 9.94. The number of aliphatic imine (C=N–C) groups is 1. The van der Waals surface area contributed by atoms with Crippen LogP contribution in [0.2, 0.25) is 15.1 Å². The molecule has 0 heterocycles. The molecule has 0 radical (unpaired) electrons. The van der Waals surface area contributed by atoms with Crippen LogP contribution in [-0.2, 0) is 4.79 Å². The summed E-state index contributed by atoms with van der Waals surface area (Å²) in [7, 11) is 1.67. The number of hydrogen-bond donors (Lipinski definition) is 3. The van der Waals surface area contributed by atoms with Crippen molar-refractivity contribution in [3.8, 4) is 5.75 Å². The molecular formula is C16H21Cl3N4O2. The number of benzene rings is 1. The number of hydrogen-bond acceptors (Lipinski definition) is 3. The molecule has 1 aliphatic carbocycles. The first kappa shape index (κ1) is 19.9. The molecule has 0 unspecified atom stereocenters. The van der Waals surface area contributed by atoms with E-state index in [0.29, 0.717) is 53.0 Å². The summed E-state index contributed by atoms with van der Waals surface area (Å²) in [6, 6.07) is 3.16. The van der Waals surface area contributed by atoms with Crippen LogP contribution >= 0.6 is 34.8 Å². The van der Waals surface area contributed by atoms with Crippen LogP contribution < -0.4 is 20.7 Å². The lowest BCUT2D eigenvalue weighted by Crippen LogP contribution is -2.42. The second-order valence-electron chi connectivity index (χ2n) is 5.54. The zero-order valence-electron chi connectivity index (χ0n) is 13.9. The normalized spacial score (nSPS) is 14.2. The van der Waals surface area contributed by atoms with Crippen molar-refractivity contribution in [2.24, 2.45) is 10.9 Å². The molecule has 1 fully saturated rings. The minimum absolute atomic E-state index is 0.134. The van der Waals surface area contributed by atoms with E-state index in [1.807, 2.05) is 0 Å². The highest BCUT2D eigenvalue weighted by atomic mass is 35.5. The molecule has 1 aromatic rings. The second-order valence-corrected chi connectivity index (χ2v) is 6.79. The summed E-state index contributed by atoms with van der Waals surface area (Å²) < 4.78 is 5.58. The number of halogens is 3. The Labute approximate surface area is 162 Å². The zero-order valence-corrected chi connectivity index (χ0v) is 16.1. The summed E-state index contributed by atoms with van der Waals surface area (Å²) >= 11 is 18.0. The molecule has 0 aromatic heterocycles. The number of amides is 1. The van der Waals surface area contributed by atoms with Crippen molar-refractivity contribution in [3.63, 3.8) is 0 Å². The first-order valence-corrected chi connectivity index (χ1v) is 9.14. The van der Waals surface area contributed by atoms with Crippen molar-refractivity contribution in [2.45, 2.75) is 12.8 Å². The van der Waals surface area contributed by atoms with Crippen molar-refractivity contribution < 1.29 is 9.53 Å². The number of rotatable bonds is 8. The van der Waals surface area contributed by atoms with Crippen molar-refractivity contribution in [1.29, 1.82) is 0 Å². The van der Waals surface area contributed by atoms with Gasteiger partial charge in [0.2, 0.25) is 5.91 Å². The van der Waals surface area contributed by atoms with Gasteiger partial charge in [-0.3, -0.25) is 9.79 Å². The molecule has 0 bridgehead atoms. The molecule has 0 spiro atoms. The molecule has 1 saturated carbocycles. The molecule has 0 atom stereocenters. The average molecular weight is 408 g/mol. The first-order valence-electron chi connectivity index (χ1n) is 8.01. The number of carbonyl (C=O) groups is 1. The van der Waals surface area contributed by atoms with Gasteiger partial charge in [0.15, 0.2) is 11.7 Å². The summed E-state index contributed by atoms with van der Waals surface area (Å²) in [5, 5.41) is 10.3. The molecule has 1 amide bonds. The molecule has 3 N–H and O–H groups in total. The van der Waals surface area contributed by atoms with Gasteiger partial charge in [-0.15, -0.1) is 0 Å². The van der Waals surface area contributed by atoms with Crippen molar-refractivity contribution in [2.75, 3.05) is 33.3 Å². The number of guanidine groups is 1. The maximum atomic E-state index is 11.5. The van der Waals surface area contributed by atoms with Crippen molar-refractivity contribution >= 4 is 46.7 Å². The van der Waals surface area contributed by atoms with Crippen LogP contribution in [0, 0.1) is 5.92 Å². The predicted octanol–water partition coefficient (Wildman–Crippen LogP) is 2.72. The zero-order chi connectivity index (χ0) is 18.2. The first-order chi connectivity index (χ1) is 12.0. The van der Waals surface area contributed by atoms with Crippen LogP contribution in [-0.4, -0.2) is 45.2 Å². The van der Waals surface area contributed by atoms with Gasteiger partial charge >= 0.3 is 0 Å². The maximum absolute atomic E-state index is 11.5. The Morgan fingerprint density at radius 3 is 2.32 bits per heavy atom. The van der Waals surface area contributed by atoms with Crippen LogP contribution in [0.3, 0.4) is 0 Å². The van der Waals surface area contributed by atoms with E-state index in [2.05, 4.69) is 20.9 Å². The number of ether oxygens (including phenoxy) is 1. The summed E-state index contributed by atoms with van der Waals surface area (Å²) in [5.41, 5.74) is 0. The topological polar surface area (TPSA) is 74.8 Å². The minimum atomic E-state index is 0.134. The van der Waals surface area contributed by atoms with E-state index < -0.39 is 0 Å². The fraction of sp³-hybridized carbons (Fsp3) is 0.500. The molecule has 9 heteroatoms. The van der Waals surface area contributed by atoms with E-state index in [0.717, 1.165) is 12.8 Å². The molecule has 138 valence electrons. The van der Waals surface area contributed by atoms with Gasteiger partial charge in [0.05, 0.1) is 16.6 Å². The Hall–Kier alpha value is -1.37. The van der Waals surface area contributed by atoms with Gasteiger partial charge in [-0.2, -0.15) is 0 Å². The van der Waals surface area contributed by atoms with Gasteiger partial charge in [-0.1, -0.05) is 34.8 Å². The van der Waals surface area contributed by atoms with E-state index in [1.165, 1.54) is 0 Å². The Balaban J connectivity index is 1.63. The van der Waals surface area contributed by atoms with Crippen molar-refractivity contribution in [1.82, 2.24) is 16.0 Å². The van der Waals surface area contributed by atoms with E-state index in [-0.39, 0.29) is 11.8 Å². The van der Waals surface area contributed by atoms with Gasteiger partial charge < -0.3 is 20.7 Å². The van der Waals surface area contributed by atoms with Gasteiger partial charge in [0, 0.05) is 31.1 Å². The summed E-state index contributed by atoms with van der Waals surface area (Å²) in [6.45, 7) is 2.00. The number of carbonyl (C=O) groups excluding carboxylic acids is 1. The van der Waals surface area contributed by atoms with Crippen molar-refractivity contribution in [3.05, 3.63) is 27.2 Å². The Morgan fingerprint density at radius 1 is 1.12 bits per heavy atom. The summed E-state index contributed by atoms with van der Waals surface area (Å²) in [5.74, 6) is 1.38. The third kappa shape index (κ3) is 6.80. The van der Waals surface area contributed by atoms with Crippen LogP contribution in [0.5, 0.6) is 5.75 Å². The smallest absolute Gasteiger partial charge is 0.223 e. The Kier molecular flexibility index (Phi) is 7.93. The average Bonchev–Trinajstić information content (AvgIpc) is 3.39. The number of nitrogens with zero attached hydrogens (tertiary/aromatic N) is 1. The van der Waals surface area contributed by atoms with Gasteiger partial charge in [0.1, 0.15) is 6.61 Å². The lowest BCUT2D eigenvalue weighted by molar-refractivity contribution is -0.122. The lowest BCUT2D eigenvalue weighted by Gasteiger charge is -2.14. The minimum Gasteiger partial charge on any atom is -0.489 e. The lowest BCUT2D eigenvalue weighted by atomic mass is 10.3. The fourth-order valence-corrected chi connectivity index (χ4v) is 2.99. The largest absolute Gasteiger partial charge is 0.489 e. The van der Waals surface area contributed by atoms with Crippen LogP contribution in [0.4, 0.5) is 0 Å². The monoisotopic (exact) mass is 406 g/mol.